The summed E-state index contributed by atoms with van der Waals surface area (Å²) in [5, 5.41) is 2.90. The molecule has 0 atom stereocenters. The van der Waals surface area contributed by atoms with E-state index in [1.165, 1.54) is 0 Å². The Balaban J connectivity index is 1.62. The zero-order valence-corrected chi connectivity index (χ0v) is 14.0. The van der Waals surface area contributed by atoms with Crippen LogP contribution in [0.5, 0.6) is 5.75 Å². The molecule has 1 amide bonds. The van der Waals surface area contributed by atoms with E-state index in [9.17, 15) is 4.79 Å². The summed E-state index contributed by atoms with van der Waals surface area (Å²) in [4.78, 5) is 12.4. The molecule has 3 aromatic carbocycles. The van der Waals surface area contributed by atoms with E-state index in [4.69, 9.17) is 10.5 Å². The molecule has 25 heavy (non-hydrogen) atoms. The van der Waals surface area contributed by atoms with E-state index in [-0.39, 0.29) is 5.91 Å². The average Bonchev–Trinajstić information content (AvgIpc) is 2.63. The Morgan fingerprint density at radius 2 is 1.72 bits per heavy atom. The third-order valence-corrected chi connectivity index (χ3v) is 3.86. The number of amides is 1. The van der Waals surface area contributed by atoms with Crippen molar-refractivity contribution in [3.8, 4) is 5.75 Å². The number of benzene rings is 3. The number of hydrogen-bond donors (Lipinski definition) is 2. The van der Waals surface area contributed by atoms with Gasteiger partial charge in [-0.1, -0.05) is 30.3 Å². The normalized spacial score (nSPS) is 10.3. The van der Waals surface area contributed by atoms with Gasteiger partial charge in [-0.15, -0.1) is 0 Å². The molecule has 0 aromatic heterocycles. The lowest BCUT2D eigenvalue weighted by Gasteiger charge is -2.10. The Kier molecular flexibility index (Phi) is 5.00. The van der Waals surface area contributed by atoms with Crippen LogP contribution in [0.4, 0.5) is 11.4 Å². The summed E-state index contributed by atoms with van der Waals surface area (Å²) >= 11 is 0. The first-order chi connectivity index (χ1) is 12.1. The highest BCUT2D eigenvalue weighted by Gasteiger charge is 2.08. The van der Waals surface area contributed by atoms with Crippen molar-refractivity contribution in [3.63, 3.8) is 0 Å². The van der Waals surface area contributed by atoms with Crippen LogP contribution in [0, 0.1) is 6.92 Å². The summed E-state index contributed by atoms with van der Waals surface area (Å²) in [6.07, 6.45) is 0. The summed E-state index contributed by atoms with van der Waals surface area (Å²) in [5.41, 5.74) is 9.76. The van der Waals surface area contributed by atoms with Crippen molar-refractivity contribution in [1.82, 2.24) is 0 Å². The Bertz CT molecular complexity index is 859. The minimum atomic E-state index is -0.164. The fourth-order valence-electron chi connectivity index (χ4n) is 2.47. The molecule has 0 aliphatic rings. The van der Waals surface area contributed by atoms with E-state index in [0.717, 1.165) is 22.6 Å². The van der Waals surface area contributed by atoms with Crippen LogP contribution in [-0.4, -0.2) is 5.91 Å². The number of rotatable bonds is 5. The molecule has 0 unspecified atom stereocenters. The number of hydrogen-bond acceptors (Lipinski definition) is 3. The largest absolute Gasteiger partial charge is 0.489 e. The van der Waals surface area contributed by atoms with Crippen molar-refractivity contribution >= 4 is 17.3 Å². The number of carbonyl (C=O) groups is 1. The van der Waals surface area contributed by atoms with Gasteiger partial charge in [0.1, 0.15) is 12.4 Å². The summed E-state index contributed by atoms with van der Waals surface area (Å²) < 4.78 is 5.73. The van der Waals surface area contributed by atoms with Gasteiger partial charge in [0, 0.05) is 16.9 Å². The average molecular weight is 332 g/mol. The molecule has 0 fully saturated rings. The molecular formula is C21H20N2O2. The molecular weight excluding hydrogens is 312 g/mol. The SMILES string of the molecule is Cc1cc(N)ccc1NC(=O)c1ccc(OCc2ccccc2)cc1. The lowest BCUT2D eigenvalue weighted by Crippen LogP contribution is -2.12. The summed E-state index contributed by atoms with van der Waals surface area (Å²) in [6.45, 7) is 2.41. The maximum absolute atomic E-state index is 12.4. The van der Waals surface area contributed by atoms with Crippen LogP contribution in [0.1, 0.15) is 21.5 Å². The lowest BCUT2D eigenvalue weighted by molar-refractivity contribution is 0.102. The van der Waals surface area contributed by atoms with Gasteiger partial charge in [0.25, 0.3) is 5.91 Å². The minimum Gasteiger partial charge on any atom is -0.489 e. The number of nitrogen functional groups attached to an aromatic ring is 1. The quantitative estimate of drug-likeness (QED) is 0.680. The second-order valence-electron chi connectivity index (χ2n) is 5.83. The molecule has 0 radical (unpaired) electrons. The van der Waals surface area contributed by atoms with Crippen molar-refractivity contribution in [3.05, 3.63) is 89.5 Å². The highest BCUT2D eigenvalue weighted by atomic mass is 16.5. The lowest BCUT2D eigenvalue weighted by atomic mass is 10.1. The van der Waals surface area contributed by atoms with Gasteiger partial charge in [0.15, 0.2) is 0 Å². The van der Waals surface area contributed by atoms with Crippen LogP contribution in [0.2, 0.25) is 0 Å². The van der Waals surface area contributed by atoms with E-state index in [1.807, 2.05) is 43.3 Å². The third kappa shape index (κ3) is 4.38. The molecule has 0 bridgehead atoms. The van der Waals surface area contributed by atoms with E-state index >= 15 is 0 Å². The molecule has 0 aliphatic carbocycles. The van der Waals surface area contributed by atoms with Crippen molar-refractivity contribution < 1.29 is 9.53 Å². The highest BCUT2D eigenvalue weighted by Crippen LogP contribution is 2.20. The van der Waals surface area contributed by atoms with Crippen molar-refractivity contribution in [2.45, 2.75) is 13.5 Å². The first-order valence-electron chi connectivity index (χ1n) is 8.06. The van der Waals surface area contributed by atoms with Gasteiger partial charge in [-0.25, -0.2) is 0 Å². The number of nitrogens with two attached hydrogens (primary N) is 1. The van der Waals surface area contributed by atoms with Gasteiger partial charge in [-0.2, -0.15) is 0 Å². The molecule has 0 saturated heterocycles. The zero-order chi connectivity index (χ0) is 17.6. The monoisotopic (exact) mass is 332 g/mol. The number of nitrogens with one attached hydrogen (secondary N) is 1. The van der Waals surface area contributed by atoms with Crippen molar-refractivity contribution in [1.29, 1.82) is 0 Å². The number of aryl methyl sites for hydroxylation is 1. The smallest absolute Gasteiger partial charge is 0.255 e. The Hall–Kier alpha value is -3.27. The fourth-order valence-corrected chi connectivity index (χ4v) is 2.47. The summed E-state index contributed by atoms with van der Waals surface area (Å²) in [7, 11) is 0. The second-order valence-corrected chi connectivity index (χ2v) is 5.83. The molecule has 4 heteroatoms. The summed E-state index contributed by atoms with van der Waals surface area (Å²) in [6, 6.07) is 22.5. The van der Waals surface area contributed by atoms with Crippen molar-refractivity contribution in [2.75, 3.05) is 11.1 Å². The van der Waals surface area contributed by atoms with Gasteiger partial charge in [0.2, 0.25) is 0 Å². The Morgan fingerprint density at radius 1 is 1.00 bits per heavy atom. The highest BCUT2D eigenvalue weighted by molar-refractivity contribution is 6.04. The predicted molar refractivity (Wildman–Crippen MR) is 101 cm³/mol. The van der Waals surface area contributed by atoms with Crippen LogP contribution in [0.15, 0.2) is 72.8 Å². The standard InChI is InChI=1S/C21H20N2O2/c1-15-13-18(22)9-12-20(15)23-21(24)17-7-10-19(11-8-17)25-14-16-5-3-2-4-6-16/h2-13H,14,22H2,1H3,(H,23,24). The first-order valence-corrected chi connectivity index (χ1v) is 8.06. The molecule has 126 valence electrons. The van der Waals surface area contributed by atoms with Crippen molar-refractivity contribution in [2.24, 2.45) is 0 Å². The fraction of sp³-hybridized carbons (Fsp3) is 0.0952. The second kappa shape index (κ2) is 7.53. The van der Waals surface area contributed by atoms with Gasteiger partial charge in [-0.3, -0.25) is 4.79 Å². The molecule has 0 spiro atoms. The number of ether oxygens (including phenoxy) is 1. The van der Waals surface area contributed by atoms with Gasteiger partial charge >= 0.3 is 0 Å². The van der Waals surface area contributed by atoms with E-state index < -0.39 is 0 Å². The summed E-state index contributed by atoms with van der Waals surface area (Å²) in [5.74, 6) is 0.562. The molecule has 3 aromatic rings. The number of anilines is 2. The molecule has 0 aliphatic heterocycles. The van der Waals surface area contributed by atoms with Crippen LogP contribution >= 0.6 is 0 Å². The van der Waals surface area contributed by atoms with Crippen LogP contribution in [0.25, 0.3) is 0 Å². The predicted octanol–water partition coefficient (Wildman–Crippen LogP) is 4.41. The molecule has 3 N–H and O–H groups in total. The Labute approximate surface area is 147 Å². The van der Waals surface area contributed by atoms with Gasteiger partial charge < -0.3 is 15.8 Å². The molecule has 3 rings (SSSR count). The van der Waals surface area contributed by atoms with E-state index in [0.29, 0.717) is 17.9 Å². The first kappa shape index (κ1) is 16.6. The molecule has 0 saturated carbocycles. The van der Waals surface area contributed by atoms with Gasteiger partial charge in [-0.05, 0) is 60.5 Å². The van der Waals surface area contributed by atoms with Crippen LogP contribution < -0.4 is 15.8 Å². The molecule has 4 nitrogen and oxygen atoms in total. The van der Waals surface area contributed by atoms with Crippen LogP contribution in [-0.2, 0) is 6.61 Å². The maximum atomic E-state index is 12.4. The minimum absolute atomic E-state index is 0.164. The molecule has 0 heterocycles. The topological polar surface area (TPSA) is 64.3 Å². The van der Waals surface area contributed by atoms with E-state index in [1.54, 1.807) is 36.4 Å². The Morgan fingerprint density at radius 3 is 2.40 bits per heavy atom. The zero-order valence-electron chi connectivity index (χ0n) is 14.0. The van der Waals surface area contributed by atoms with E-state index in [2.05, 4.69) is 5.32 Å². The third-order valence-electron chi connectivity index (χ3n) is 3.86. The van der Waals surface area contributed by atoms with Crippen LogP contribution in [0.3, 0.4) is 0 Å². The van der Waals surface area contributed by atoms with Gasteiger partial charge in [0.05, 0.1) is 0 Å². The number of carbonyl (C=O) groups excluding carboxylic acids is 1. The maximum Gasteiger partial charge on any atom is 0.255 e.